The van der Waals surface area contributed by atoms with Gasteiger partial charge in [0, 0.05) is 10.5 Å². The van der Waals surface area contributed by atoms with Crippen LogP contribution >= 0.6 is 11.8 Å². The highest BCUT2D eigenvalue weighted by atomic mass is 32.2. The van der Waals surface area contributed by atoms with Crippen LogP contribution in [-0.2, 0) is 0 Å². The summed E-state index contributed by atoms with van der Waals surface area (Å²) < 4.78 is 36.7. The Bertz CT molecular complexity index is 388. The number of hydrogen-bond acceptors (Lipinski definition) is 2. The van der Waals surface area contributed by atoms with Gasteiger partial charge in [-0.3, -0.25) is 4.79 Å². The Morgan fingerprint density at radius 3 is 2.65 bits per heavy atom. The van der Waals surface area contributed by atoms with Crippen LogP contribution in [0.15, 0.2) is 29.2 Å². The molecular formula is C12H13F3OS. The normalized spacial score (nSPS) is 11.5. The molecule has 0 aliphatic rings. The lowest BCUT2D eigenvalue weighted by atomic mass is 10.1. The number of carbonyl (C=O) groups excluding carboxylic acids is 1. The third kappa shape index (κ3) is 4.42. The summed E-state index contributed by atoms with van der Waals surface area (Å²) in [5, 5.41) is 0. The Kier molecular flexibility index (Phi) is 5.05. The second kappa shape index (κ2) is 6.10. The van der Waals surface area contributed by atoms with E-state index in [9.17, 15) is 18.0 Å². The molecule has 0 spiro atoms. The smallest absolute Gasteiger partial charge is 0.284 e. The third-order valence-corrected chi connectivity index (χ3v) is 3.20. The van der Waals surface area contributed by atoms with Crippen LogP contribution in [0.4, 0.5) is 13.2 Å². The summed E-state index contributed by atoms with van der Waals surface area (Å²) in [7, 11) is 0. The van der Waals surface area contributed by atoms with Gasteiger partial charge in [0.2, 0.25) is 0 Å². The molecule has 1 rings (SSSR count). The summed E-state index contributed by atoms with van der Waals surface area (Å²) in [5.41, 5.74) is -0.293. The van der Waals surface area contributed by atoms with E-state index in [-0.39, 0.29) is 5.56 Å². The quantitative estimate of drug-likeness (QED) is 0.446. The number of alkyl halides is 3. The van der Waals surface area contributed by atoms with Gasteiger partial charge < -0.3 is 0 Å². The number of unbranched alkanes of at least 4 members (excludes halogenated alkanes) is 1. The molecule has 0 amide bonds. The number of rotatable bonds is 5. The maximum Gasteiger partial charge on any atom is 0.454 e. The molecule has 0 bridgehead atoms. The van der Waals surface area contributed by atoms with E-state index in [1.807, 2.05) is 6.92 Å². The minimum atomic E-state index is -4.80. The number of thioether (sulfide) groups is 1. The van der Waals surface area contributed by atoms with Crippen molar-refractivity contribution in [2.24, 2.45) is 0 Å². The summed E-state index contributed by atoms with van der Waals surface area (Å²) in [5.74, 6) is -0.935. The average Bonchev–Trinajstić information content (AvgIpc) is 2.28. The fourth-order valence-electron chi connectivity index (χ4n) is 1.23. The third-order valence-electron chi connectivity index (χ3n) is 2.12. The van der Waals surface area contributed by atoms with E-state index in [4.69, 9.17) is 0 Å². The van der Waals surface area contributed by atoms with Crippen LogP contribution in [0.1, 0.15) is 30.1 Å². The predicted molar refractivity (Wildman–Crippen MR) is 62.5 cm³/mol. The maximum absolute atomic E-state index is 12.2. The number of halogens is 3. The van der Waals surface area contributed by atoms with Gasteiger partial charge in [-0.05, 0) is 24.3 Å². The Balaban J connectivity index is 2.75. The number of Topliss-reactive ketones (excluding diaryl/α,β-unsaturated/α-hetero) is 1. The van der Waals surface area contributed by atoms with Gasteiger partial charge in [-0.15, -0.1) is 11.8 Å². The summed E-state index contributed by atoms with van der Waals surface area (Å²) in [6, 6.07) is 5.69. The van der Waals surface area contributed by atoms with Crippen molar-refractivity contribution in [2.75, 3.05) is 5.75 Å². The zero-order valence-electron chi connectivity index (χ0n) is 9.38. The first-order valence-corrected chi connectivity index (χ1v) is 6.28. The molecule has 17 heavy (non-hydrogen) atoms. The molecule has 0 heterocycles. The van der Waals surface area contributed by atoms with Crippen LogP contribution in [0.5, 0.6) is 0 Å². The van der Waals surface area contributed by atoms with E-state index < -0.39 is 12.0 Å². The van der Waals surface area contributed by atoms with Crippen LogP contribution in [0.2, 0.25) is 0 Å². The van der Waals surface area contributed by atoms with Crippen molar-refractivity contribution >= 4 is 17.5 Å². The first kappa shape index (κ1) is 14.1. The largest absolute Gasteiger partial charge is 0.454 e. The minimum absolute atomic E-state index is 0.293. The molecule has 0 aromatic heterocycles. The summed E-state index contributed by atoms with van der Waals surface area (Å²) in [6.45, 7) is 2.05. The first-order valence-electron chi connectivity index (χ1n) is 5.29. The lowest BCUT2D eigenvalue weighted by Gasteiger charge is -2.06. The Hall–Kier alpha value is -0.970. The second-order valence-corrected chi connectivity index (χ2v) is 4.73. The number of ketones is 1. The molecular weight excluding hydrogens is 249 g/mol. The van der Waals surface area contributed by atoms with Crippen LogP contribution < -0.4 is 0 Å². The first-order chi connectivity index (χ1) is 7.95. The van der Waals surface area contributed by atoms with E-state index in [2.05, 4.69) is 0 Å². The SMILES string of the molecule is CCCCSc1cccc(C(=O)C(F)(F)F)c1. The summed E-state index contributed by atoms with van der Waals surface area (Å²) in [6.07, 6.45) is -2.76. The molecule has 0 unspecified atom stereocenters. The molecule has 1 nitrogen and oxygen atoms in total. The minimum Gasteiger partial charge on any atom is -0.284 e. The lowest BCUT2D eigenvalue weighted by Crippen LogP contribution is -2.22. The Morgan fingerprint density at radius 2 is 2.06 bits per heavy atom. The molecule has 0 saturated heterocycles. The van der Waals surface area contributed by atoms with E-state index in [1.165, 1.54) is 30.0 Å². The van der Waals surface area contributed by atoms with Crippen molar-refractivity contribution in [1.82, 2.24) is 0 Å². The molecule has 94 valence electrons. The molecule has 0 atom stereocenters. The molecule has 5 heteroatoms. The van der Waals surface area contributed by atoms with Gasteiger partial charge in [-0.1, -0.05) is 25.5 Å². The van der Waals surface area contributed by atoms with Crippen molar-refractivity contribution in [1.29, 1.82) is 0 Å². The highest BCUT2D eigenvalue weighted by molar-refractivity contribution is 7.99. The van der Waals surface area contributed by atoms with Crippen LogP contribution in [-0.4, -0.2) is 17.7 Å². The monoisotopic (exact) mass is 262 g/mol. The maximum atomic E-state index is 12.2. The van der Waals surface area contributed by atoms with Gasteiger partial charge in [0.05, 0.1) is 0 Å². The van der Waals surface area contributed by atoms with Crippen LogP contribution in [0.25, 0.3) is 0 Å². The zero-order chi connectivity index (χ0) is 12.9. The van der Waals surface area contributed by atoms with Gasteiger partial charge in [0.15, 0.2) is 0 Å². The van der Waals surface area contributed by atoms with Crippen LogP contribution in [0, 0.1) is 0 Å². The molecule has 0 saturated carbocycles. The fourth-order valence-corrected chi connectivity index (χ4v) is 2.28. The van der Waals surface area contributed by atoms with Crippen molar-refractivity contribution in [3.63, 3.8) is 0 Å². The molecule has 1 aromatic carbocycles. The van der Waals surface area contributed by atoms with Gasteiger partial charge in [0.1, 0.15) is 0 Å². The number of benzene rings is 1. The van der Waals surface area contributed by atoms with Crippen molar-refractivity contribution < 1.29 is 18.0 Å². The standard InChI is InChI=1S/C12H13F3OS/c1-2-3-7-17-10-6-4-5-9(8-10)11(16)12(13,14)15/h4-6,8H,2-3,7H2,1H3. The van der Waals surface area contributed by atoms with E-state index in [0.29, 0.717) is 4.90 Å². The van der Waals surface area contributed by atoms with Crippen molar-refractivity contribution in [3.8, 4) is 0 Å². The highest BCUT2D eigenvalue weighted by Gasteiger charge is 2.39. The van der Waals surface area contributed by atoms with Crippen molar-refractivity contribution in [2.45, 2.75) is 30.8 Å². The molecule has 1 aromatic rings. The number of carbonyl (C=O) groups is 1. The Labute approximate surface area is 102 Å². The van der Waals surface area contributed by atoms with Gasteiger partial charge in [-0.25, -0.2) is 0 Å². The van der Waals surface area contributed by atoms with E-state index in [0.717, 1.165) is 18.6 Å². The van der Waals surface area contributed by atoms with Gasteiger partial charge in [-0.2, -0.15) is 13.2 Å². The fraction of sp³-hybridized carbons (Fsp3) is 0.417. The zero-order valence-corrected chi connectivity index (χ0v) is 10.2. The topological polar surface area (TPSA) is 17.1 Å². The second-order valence-electron chi connectivity index (χ2n) is 3.56. The van der Waals surface area contributed by atoms with Gasteiger partial charge in [0.25, 0.3) is 5.78 Å². The van der Waals surface area contributed by atoms with Crippen LogP contribution in [0.3, 0.4) is 0 Å². The molecule has 0 N–H and O–H groups in total. The predicted octanol–water partition coefficient (Wildman–Crippen LogP) is 4.32. The van der Waals surface area contributed by atoms with E-state index in [1.54, 1.807) is 6.07 Å². The van der Waals surface area contributed by atoms with E-state index >= 15 is 0 Å². The molecule has 0 aliphatic carbocycles. The summed E-state index contributed by atoms with van der Waals surface area (Å²) >= 11 is 1.47. The molecule has 0 fully saturated rings. The number of hydrogen-bond donors (Lipinski definition) is 0. The summed E-state index contributed by atoms with van der Waals surface area (Å²) in [4.78, 5) is 11.7. The Morgan fingerprint density at radius 1 is 1.35 bits per heavy atom. The highest BCUT2D eigenvalue weighted by Crippen LogP contribution is 2.25. The lowest BCUT2D eigenvalue weighted by molar-refractivity contribution is -0.0885. The van der Waals surface area contributed by atoms with Gasteiger partial charge >= 0.3 is 6.18 Å². The average molecular weight is 262 g/mol. The molecule has 0 aliphatic heterocycles. The van der Waals surface area contributed by atoms with Crippen molar-refractivity contribution in [3.05, 3.63) is 29.8 Å². The molecule has 0 radical (unpaired) electrons.